The number of carbonyl (C=O) groups is 2. The lowest BCUT2D eigenvalue weighted by molar-refractivity contribution is -0.384. The van der Waals surface area contributed by atoms with E-state index in [2.05, 4.69) is 34.6 Å². The van der Waals surface area contributed by atoms with Gasteiger partial charge in [-0.3, -0.25) is 14.9 Å². The zero-order valence-electron chi connectivity index (χ0n) is 19.3. The zero-order valence-corrected chi connectivity index (χ0v) is 19.3. The second-order valence-electron chi connectivity index (χ2n) is 8.50. The Morgan fingerprint density at radius 2 is 1.62 bits per heavy atom. The zero-order chi connectivity index (χ0) is 24.1. The summed E-state index contributed by atoms with van der Waals surface area (Å²) in [4.78, 5) is 34.3. The lowest BCUT2D eigenvalue weighted by Crippen LogP contribution is -2.23. The van der Waals surface area contributed by atoms with Crippen molar-refractivity contribution in [3.05, 3.63) is 48.2 Å². The van der Waals surface area contributed by atoms with E-state index >= 15 is 0 Å². The van der Waals surface area contributed by atoms with Crippen molar-refractivity contribution in [2.45, 2.75) is 77.9 Å². The summed E-state index contributed by atoms with van der Waals surface area (Å²) in [6.07, 6.45) is 3.06. The summed E-state index contributed by atoms with van der Waals surface area (Å²) in [6.45, 7) is 13.6. The summed E-state index contributed by atoms with van der Waals surface area (Å²) in [5, 5.41) is 10.7. The highest BCUT2D eigenvalue weighted by molar-refractivity contribution is 5.70. The van der Waals surface area contributed by atoms with Crippen molar-refractivity contribution in [3.8, 4) is 5.75 Å². The molecule has 0 heterocycles. The molecule has 0 bridgehead atoms. The van der Waals surface area contributed by atoms with Crippen molar-refractivity contribution in [2.24, 2.45) is 11.8 Å². The quantitative estimate of drug-likeness (QED) is 0.147. The van der Waals surface area contributed by atoms with Crippen LogP contribution in [0.5, 0.6) is 5.75 Å². The first-order valence-corrected chi connectivity index (χ1v) is 11.0. The van der Waals surface area contributed by atoms with Gasteiger partial charge in [0.25, 0.3) is 5.69 Å². The third-order valence-electron chi connectivity index (χ3n) is 4.94. The average Bonchev–Trinajstić information content (AvgIpc) is 2.69. The Balaban J connectivity index is 2.62. The molecule has 0 aliphatic rings. The molecule has 8 nitrogen and oxygen atoms in total. The number of non-ortho nitro benzene ring substituents is 1. The lowest BCUT2D eigenvalue weighted by atomic mass is 9.94. The van der Waals surface area contributed by atoms with E-state index in [1.165, 1.54) is 30.7 Å². The van der Waals surface area contributed by atoms with E-state index in [1.54, 1.807) is 0 Å². The molecule has 0 spiro atoms. The Hall–Kier alpha value is -2.64. The average molecular weight is 450 g/mol. The van der Waals surface area contributed by atoms with Crippen molar-refractivity contribution in [2.75, 3.05) is 0 Å². The summed E-state index contributed by atoms with van der Waals surface area (Å²) in [6, 6.07) is 5.13. The topological polar surface area (TPSA) is 105 Å². The van der Waals surface area contributed by atoms with Gasteiger partial charge >= 0.3 is 12.1 Å². The standard InChI is InChI=1S/C24H35NO7/c1-17(2)7-6-8-19(5)9-12-21(15-16-23(26)30-18(3)4)31-24(27)32-22-13-10-20(11-14-22)25(28)29/h10-11,13-14,17-19,21H,3-4,6-9,12,15-16H2,1-2,5H3. The number of nitro groups is 1. The lowest BCUT2D eigenvalue weighted by Gasteiger charge is -2.20. The summed E-state index contributed by atoms with van der Waals surface area (Å²) < 4.78 is 15.5. The fourth-order valence-electron chi connectivity index (χ4n) is 3.17. The van der Waals surface area contributed by atoms with Crippen LogP contribution in [0, 0.1) is 35.8 Å². The Morgan fingerprint density at radius 1 is 0.969 bits per heavy atom. The van der Waals surface area contributed by atoms with E-state index in [4.69, 9.17) is 14.2 Å². The minimum Gasteiger partial charge on any atom is -0.462 e. The molecule has 2 radical (unpaired) electrons. The van der Waals surface area contributed by atoms with Crippen LogP contribution in [0.15, 0.2) is 24.3 Å². The van der Waals surface area contributed by atoms with Crippen LogP contribution in [0.25, 0.3) is 0 Å². The largest absolute Gasteiger partial charge is 0.514 e. The van der Waals surface area contributed by atoms with Gasteiger partial charge in [-0.1, -0.05) is 40.0 Å². The normalized spacial score (nSPS) is 13.0. The van der Waals surface area contributed by atoms with Gasteiger partial charge in [0, 0.05) is 18.6 Å². The molecule has 32 heavy (non-hydrogen) atoms. The fourth-order valence-corrected chi connectivity index (χ4v) is 3.17. The SMILES string of the molecule is [CH2]C([CH2])OC(=O)CCC(CCC(C)CCCC(C)C)OC(=O)Oc1ccc([N+](=O)[O-])cc1. The summed E-state index contributed by atoms with van der Waals surface area (Å²) in [7, 11) is 0. The van der Waals surface area contributed by atoms with E-state index in [0.717, 1.165) is 19.3 Å². The monoisotopic (exact) mass is 449 g/mol. The number of rotatable bonds is 14. The van der Waals surface area contributed by atoms with Crippen molar-refractivity contribution in [1.29, 1.82) is 0 Å². The molecule has 1 aromatic carbocycles. The highest BCUT2D eigenvalue weighted by atomic mass is 16.7. The van der Waals surface area contributed by atoms with Crippen molar-refractivity contribution in [1.82, 2.24) is 0 Å². The number of hydrogen-bond acceptors (Lipinski definition) is 7. The first-order valence-electron chi connectivity index (χ1n) is 11.0. The van der Waals surface area contributed by atoms with Gasteiger partial charge in [-0.2, -0.15) is 0 Å². The second kappa shape index (κ2) is 14.4. The van der Waals surface area contributed by atoms with Crippen LogP contribution in [0.4, 0.5) is 10.5 Å². The van der Waals surface area contributed by atoms with E-state index in [1.807, 2.05) is 0 Å². The van der Waals surface area contributed by atoms with Crippen molar-refractivity contribution in [3.63, 3.8) is 0 Å². The van der Waals surface area contributed by atoms with Crippen LogP contribution in [-0.2, 0) is 14.3 Å². The number of nitrogens with zero attached hydrogens (tertiary/aromatic N) is 1. The highest BCUT2D eigenvalue weighted by Gasteiger charge is 2.20. The van der Waals surface area contributed by atoms with E-state index in [9.17, 15) is 19.7 Å². The third kappa shape index (κ3) is 12.3. The first kappa shape index (κ1) is 27.4. The molecule has 1 rings (SSSR count). The van der Waals surface area contributed by atoms with Crippen LogP contribution in [0.1, 0.15) is 65.7 Å². The van der Waals surface area contributed by atoms with Gasteiger partial charge in [0.05, 0.1) is 4.92 Å². The van der Waals surface area contributed by atoms with E-state index in [-0.39, 0.29) is 17.9 Å². The Bertz CT molecular complexity index is 716. The summed E-state index contributed by atoms with van der Waals surface area (Å²) in [5.41, 5.74) is -0.109. The molecule has 0 saturated heterocycles. The molecule has 0 amide bonds. The highest BCUT2D eigenvalue weighted by Crippen LogP contribution is 2.22. The van der Waals surface area contributed by atoms with Gasteiger partial charge in [-0.15, -0.1) is 0 Å². The predicted octanol–water partition coefficient (Wildman–Crippen LogP) is 6.08. The molecule has 2 unspecified atom stereocenters. The van der Waals surface area contributed by atoms with Gasteiger partial charge in [-0.25, -0.2) is 4.79 Å². The first-order chi connectivity index (χ1) is 15.1. The van der Waals surface area contributed by atoms with E-state index < -0.39 is 29.3 Å². The number of nitro benzene ring substituents is 1. The molecule has 0 aliphatic carbocycles. The number of carbonyl (C=O) groups excluding carboxylic acids is 2. The van der Waals surface area contributed by atoms with Gasteiger partial charge in [-0.05, 0) is 57.1 Å². The Morgan fingerprint density at radius 3 is 2.19 bits per heavy atom. The number of hydrogen-bond donors (Lipinski definition) is 0. The molecule has 1 aromatic rings. The Kier molecular flexibility index (Phi) is 12.4. The number of benzene rings is 1. The fraction of sp³-hybridized carbons (Fsp3) is 0.583. The second-order valence-corrected chi connectivity index (χ2v) is 8.50. The molecule has 0 fully saturated rings. The number of esters is 1. The van der Waals surface area contributed by atoms with Crippen LogP contribution in [-0.4, -0.2) is 29.3 Å². The maximum absolute atomic E-state index is 12.2. The third-order valence-corrected chi connectivity index (χ3v) is 4.94. The van der Waals surface area contributed by atoms with Crippen LogP contribution in [0.3, 0.4) is 0 Å². The molecule has 0 saturated carbocycles. The van der Waals surface area contributed by atoms with Crippen LogP contribution >= 0.6 is 0 Å². The smallest absolute Gasteiger partial charge is 0.462 e. The molecule has 0 aromatic heterocycles. The van der Waals surface area contributed by atoms with Gasteiger partial charge in [0.2, 0.25) is 0 Å². The predicted molar refractivity (Wildman–Crippen MR) is 121 cm³/mol. The van der Waals surface area contributed by atoms with Crippen LogP contribution in [0.2, 0.25) is 0 Å². The van der Waals surface area contributed by atoms with Gasteiger partial charge in [0.15, 0.2) is 0 Å². The molecule has 0 aliphatic heterocycles. The van der Waals surface area contributed by atoms with E-state index in [0.29, 0.717) is 24.7 Å². The molecular formula is C24H35NO7. The van der Waals surface area contributed by atoms with Gasteiger partial charge in [0.1, 0.15) is 18.0 Å². The maximum atomic E-state index is 12.2. The molecule has 2 atom stereocenters. The maximum Gasteiger partial charge on any atom is 0.514 e. The molecular weight excluding hydrogens is 414 g/mol. The van der Waals surface area contributed by atoms with Gasteiger partial charge < -0.3 is 14.2 Å². The number of ether oxygens (including phenoxy) is 3. The summed E-state index contributed by atoms with van der Waals surface area (Å²) >= 11 is 0. The summed E-state index contributed by atoms with van der Waals surface area (Å²) in [5.74, 6) is 0.810. The van der Waals surface area contributed by atoms with Crippen molar-refractivity contribution < 1.29 is 28.7 Å². The van der Waals surface area contributed by atoms with Crippen molar-refractivity contribution >= 4 is 17.8 Å². The van der Waals surface area contributed by atoms with Crippen LogP contribution < -0.4 is 4.74 Å². The minimum absolute atomic E-state index is 0.0682. The molecule has 8 heteroatoms. The minimum atomic E-state index is -0.920. The molecule has 178 valence electrons. The Labute approximate surface area is 190 Å². The molecule has 0 N–H and O–H groups in total.